The van der Waals surface area contributed by atoms with Crippen LogP contribution in [0.1, 0.15) is 27.2 Å². The van der Waals surface area contributed by atoms with E-state index in [1.54, 1.807) is 6.92 Å². The fourth-order valence-corrected chi connectivity index (χ4v) is 1.71. The molecule has 0 saturated heterocycles. The van der Waals surface area contributed by atoms with Crippen molar-refractivity contribution in [1.82, 2.24) is 4.98 Å². The van der Waals surface area contributed by atoms with E-state index in [-0.39, 0.29) is 5.56 Å². The topological polar surface area (TPSA) is 30.0 Å². The molecule has 0 aliphatic rings. The van der Waals surface area contributed by atoms with Crippen LogP contribution in [0.4, 0.5) is 17.6 Å². The highest BCUT2D eigenvalue weighted by molar-refractivity contribution is 6.09. The van der Waals surface area contributed by atoms with Gasteiger partial charge in [0.2, 0.25) is 0 Å². The Balaban J connectivity index is 2.54. The highest BCUT2D eigenvalue weighted by Crippen LogP contribution is 2.33. The van der Waals surface area contributed by atoms with Crippen molar-refractivity contribution in [2.24, 2.45) is 0 Å². The molecule has 104 valence electrons. The number of hydrogen-bond acceptors (Lipinski definition) is 2. The number of halogens is 4. The van der Waals surface area contributed by atoms with Gasteiger partial charge in [0.1, 0.15) is 5.82 Å². The number of aromatic nitrogens is 1. The Morgan fingerprint density at radius 1 is 1.15 bits per heavy atom. The minimum Gasteiger partial charge on any atom is -0.289 e. The van der Waals surface area contributed by atoms with Crippen LogP contribution in [0.3, 0.4) is 0 Å². The molecule has 0 aliphatic heterocycles. The second-order valence-electron chi connectivity index (χ2n) is 4.21. The van der Waals surface area contributed by atoms with Crippen molar-refractivity contribution in [3.8, 4) is 0 Å². The maximum Gasteiger partial charge on any atom is 0.417 e. The van der Waals surface area contributed by atoms with E-state index in [2.05, 4.69) is 4.98 Å². The fraction of sp³-hybridized carbons (Fsp3) is 0.143. The maximum absolute atomic E-state index is 13.1. The normalized spacial score (nSPS) is 11.4. The SMILES string of the molecule is Cc1ccc(C(=O)c2cc(F)ccc2C(F)(F)F)cn1. The minimum absolute atomic E-state index is 0.0216. The number of carbonyl (C=O) groups excluding carboxylic acids is 1. The quantitative estimate of drug-likeness (QED) is 0.620. The van der Waals surface area contributed by atoms with Crippen LogP contribution in [-0.4, -0.2) is 10.8 Å². The van der Waals surface area contributed by atoms with Gasteiger partial charge in [0.15, 0.2) is 5.78 Å². The van der Waals surface area contributed by atoms with Crippen molar-refractivity contribution in [2.75, 3.05) is 0 Å². The van der Waals surface area contributed by atoms with Gasteiger partial charge in [0.25, 0.3) is 0 Å². The molecule has 0 saturated carbocycles. The van der Waals surface area contributed by atoms with Gasteiger partial charge in [-0.25, -0.2) is 4.39 Å². The lowest BCUT2D eigenvalue weighted by Gasteiger charge is -2.12. The van der Waals surface area contributed by atoms with Crippen LogP contribution in [0.2, 0.25) is 0 Å². The molecule has 0 N–H and O–H groups in total. The van der Waals surface area contributed by atoms with Crippen LogP contribution >= 0.6 is 0 Å². The summed E-state index contributed by atoms with van der Waals surface area (Å²) < 4.78 is 51.6. The first-order chi connectivity index (χ1) is 9.29. The number of aryl methyl sites for hydroxylation is 1. The number of benzene rings is 1. The molecule has 2 aromatic rings. The molecule has 2 nitrogen and oxygen atoms in total. The molecule has 0 aliphatic carbocycles. The van der Waals surface area contributed by atoms with Crippen LogP contribution in [-0.2, 0) is 6.18 Å². The number of carbonyl (C=O) groups is 1. The molecule has 0 atom stereocenters. The Kier molecular flexibility index (Phi) is 3.57. The van der Waals surface area contributed by atoms with Crippen molar-refractivity contribution in [3.63, 3.8) is 0 Å². The molecule has 2 rings (SSSR count). The Hall–Kier alpha value is -2.24. The summed E-state index contributed by atoms with van der Waals surface area (Å²) in [6.07, 6.45) is -3.56. The Morgan fingerprint density at radius 3 is 2.40 bits per heavy atom. The van der Waals surface area contributed by atoms with E-state index in [4.69, 9.17) is 0 Å². The smallest absolute Gasteiger partial charge is 0.289 e. The third-order valence-corrected chi connectivity index (χ3v) is 2.71. The lowest BCUT2D eigenvalue weighted by Crippen LogP contribution is -2.14. The van der Waals surface area contributed by atoms with Gasteiger partial charge in [0.05, 0.1) is 5.56 Å². The first-order valence-corrected chi connectivity index (χ1v) is 5.63. The number of pyridine rings is 1. The van der Waals surface area contributed by atoms with Crippen molar-refractivity contribution in [3.05, 3.63) is 64.7 Å². The minimum atomic E-state index is -4.73. The van der Waals surface area contributed by atoms with E-state index in [1.165, 1.54) is 18.3 Å². The summed E-state index contributed by atoms with van der Waals surface area (Å²) >= 11 is 0. The van der Waals surface area contributed by atoms with E-state index in [1.807, 2.05) is 0 Å². The molecule has 1 aromatic carbocycles. The highest BCUT2D eigenvalue weighted by atomic mass is 19.4. The summed E-state index contributed by atoms with van der Waals surface area (Å²) in [7, 11) is 0. The van der Waals surface area contributed by atoms with Crippen molar-refractivity contribution < 1.29 is 22.4 Å². The first-order valence-electron chi connectivity index (χ1n) is 5.63. The van der Waals surface area contributed by atoms with Gasteiger partial charge in [-0.1, -0.05) is 0 Å². The summed E-state index contributed by atoms with van der Waals surface area (Å²) in [5.74, 6) is -1.81. The zero-order chi connectivity index (χ0) is 14.9. The summed E-state index contributed by atoms with van der Waals surface area (Å²) in [6, 6.07) is 4.68. The number of alkyl halides is 3. The first kappa shape index (κ1) is 14.2. The molecule has 0 amide bonds. The number of ketones is 1. The lowest BCUT2D eigenvalue weighted by molar-refractivity contribution is -0.137. The van der Waals surface area contributed by atoms with Crippen LogP contribution in [0.15, 0.2) is 36.5 Å². The molecule has 20 heavy (non-hydrogen) atoms. The van der Waals surface area contributed by atoms with E-state index in [0.717, 1.165) is 0 Å². The summed E-state index contributed by atoms with van der Waals surface area (Å²) in [5.41, 5.74) is -1.28. The van der Waals surface area contributed by atoms with Gasteiger partial charge in [-0.3, -0.25) is 9.78 Å². The standard InChI is InChI=1S/C14H9F4NO/c1-8-2-3-9(7-19-8)13(20)11-6-10(15)4-5-12(11)14(16,17)18/h2-7H,1H3. The monoisotopic (exact) mass is 283 g/mol. The van der Waals surface area contributed by atoms with Crippen molar-refractivity contribution >= 4 is 5.78 Å². The summed E-state index contributed by atoms with van der Waals surface area (Å²) in [5, 5.41) is 0. The third-order valence-electron chi connectivity index (χ3n) is 2.71. The fourth-order valence-electron chi connectivity index (χ4n) is 1.71. The third kappa shape index (κ3) is 2.84. The van der Waals surface area contributed by atoms with Crippen LogP contribution in [0.25, 0.3) is 0 Å². The van der Waals surface area contributed by atoms with Crippen molar-refractivity contribution in [2.45, 2.75) is 13.1 Å². The molecular formula is C14H9F4NO. The zero-order valence-corrected chi connectivity index (χ0v) is 10.3. The zero-order valence-electron chi connectivity index (χ0n) is 10.3. The average molecular weight is 283 g/mol. The van der Waals surface area contributed by atoms with Gasteiger partial charge >= 0.3 is 6.18 Å². The lowest BCUT2D eigenvalue weighted by atomic mass is 9.98. The highest BCUT2D eigenvalue weighted by Gasteiger charge is 2.35. The molecule has 0 fully saturated rings. The largest absolute Gasteiger partial charge is 0.417 e. The Morgan fingerprint density at radius 2 is 1.85 bits per heavy atom. The number of rotatable bonds is 2. The Labute approximate surface area is 112 Å². The molecule has 0 radical (unpaired) electrons. The van der Waals surface area contributed by atoms with Gasteiger partial charge in [0, 0.05) is 23.0 Å². The average Bonchev–Trinajstić information content (AvgIpc) is 2.37. The molecule has 1 heterocycles. The van der Waals surface area contributed by atoms with Crippen LogP contribution in [0.5, 0.6) is 0 Å². The maximum atomic E-state index is 13.1. The van der Waals surface area contributed by atoms with E-state index >= 15 is 0 Å². The number of nitrogens with zero attached hydrogens (tertiary/aromatic N) is 1. The molecule has 0 unspecified atom stereocenters. The van der Waals surface area contributed by atoms with Gasteiger partial charge in [-0.05, 0) is 37.3 Å². The summed E-state index contributed by atoms with van der Waals surface area (Å²) in [6.45, 7) is 1.68. The van der Waals surface area contributed by atoms with E-state index < -0.39 is 28.9 Å². The van der Waals surface area contributed by atoms with Gasteiger partial charge in [-0.15, -0.1) is 0 Å². The van der Waals surface area contributed by atoms with E-state index in [0.29, 0.717) is 23.9 Å². The van der Waals surface area contributed by atoms with Gasteiger partial charge < -0.3 is 0 Å². The van der Waals surface area contributed by atoms with Gasteiger partial charge in [-0.2, -0.15) is 13.2 Å². The molecule has 0 spiro atoms. The molecule has 1 aromatic heterocycles. The second kappa shape index (κ2) is 5.03. The second-order valence-corrected chi connectivity index (χ2v) is 4.21. The predicted octanol–water partition coefficient (Wildman–Crippen LogP) is 3.78. The van der Waals surface area contributed by atoms with Crippen LogP contribution in [0, 0.1) is 12.7 Å². The molecule has 0 bridgehead atoms. The van der Waals surface area contributed by atoms with Crippen molar-refractivity contribution in [1.29, 1.82) is 0 Å². The molecule has 6 heteroatoms. The number of hydrogen-bond donors (Lipinski definition) is 0. The molecular weight excluding hydrogens is 274 g/mol. The van der Waals surface area contributed by atoms with Crippen LogP contribution < -0.4 is 0 Å². The Bertz CT molecular complexity index is 647. The summed E-state index contributed by atoms with van der Waals surface area (Å²) in [4.78, 5) is 15.9. The van der Waals surface area contributed by atoms with E-state index in [9.17, 15) is 22.4 Å². The predicted molar refractivity (Wildman–Crippen MR) is 63.8 cm³/mol.